The molecule has 1 N–H and O–H groups in total. The van der Waals surface area contributed by atoms with Gasteiger partial charge in [-0.25, -0.2) is 13.9 Å². The predicted octanol–water partition coefficient (Wildman–Crippen LogP) is 4.79. The second kappa shape index (κ2) is 8.85. The molecule has 1 aliphatic rings. The fraction of sp³-hybridized carbons (Fsp3) is 0.190. The number of esters is 1. The normalized spacial score (nSPS) is 15.5. The molecule has 4 rings (SSSR count). The summed E-state index contributed by atoms with van der Waals surface area (Å²) in [6.45, 7) is 5.53. The number of nitrogens with zero attached hydrogens (tertiary/aromatic N) is 3. The van der Waals surface area contributed by atoms with Crippen LogP contribution in [0.5, 0.6) is 0 Å². The van der Waals surface area contributed by atoms with Crippen LogP contribution in [0.2, 0.25) is 0 Å². The van der Waals surface area contributed by atoms with Gasteiger partial charge in [-0.3, -0.25) is 0 Å². The van der Waals surface area contributed by atoms with E-state index in [1.165, 1.54) is 35.2 Å². The van der Waals surface area contributed by atoms with E-state index in [0.29, 0.717) is 33.7 Å². The zero-order valence-corrected chi connectivity index (χ0v) is 17.8. The molecule has 0 amide bonds. The number of thiophene rings is 1. The monoisotopic (exact) mass is 442 g/mol. The van der Waals surface area contributed by atoms with E-state index in [1.807, 2.05) is 24.4 Å². The maximum absolute atomic E-state index is 13.9. The van der Waals surface area contributed by atoms with Crippen molar-refractivity contribution in [3.63, 3.8) is 0 Å². The highest BCUT2D eigenvalue weighted by Crippen LogP contribution is 2.38. The van der Waals surface area contributed by atoms with Gasteiger partial charge in [-0.2, -0.15) is 4.98 Å². The van der Waals surface area contributed by atoms with E-state index in [0.717, 1.165) is 4.88 Å². The molecule has 6 nitrogen and oxygen atoms in total. The van der Waals surface area contributed by atoms with Gasteiger partial charge in [-0.05, 0) is 30.0 Å². The molecule has 2 aromatic heterocycles. The summed E-state index contributed by atoms with van der Waals surface area (Å²) in [5, 5.41) is 10.2. The van der Waals surface area contributed by atoms with Gasteiger partial charge < -0.3 is 10.1 Å². The highest BCUT2D eigenvalue weighted by Gasteiger charge is 2.35. The summed E-state index contributed by atoms with van der Waals surface area (Å²) in [5.74, 6) is 0.246. The Morgan fingerprint density at radius 1 is 1.40 bits per heavy atom. The van der Waals surface area contributed by atoms with Crippen LogP contribution in [-0.4, -0.2) is 27.3 Å². The van der Waals surface area contributed by atoms with Crippen molar-refractivity contribution < 1.29 is 13.9 Å². The lowest BCUT2D eigenvalue weighted by Gasteiger charge is -2.27. The van der Waals surface area contributed by atoms with Crippen LogP contribution in [0.3, 0.4) is 0 Å². The van der Waals surface area contributed by atoms with E-state index in [1.54, 1.807) is 22.9 Å². The number of benzene rings is 1. The molecule has 9 heteroatoms. The number of rotatable bonds is 7. The van der Waals surface area contributed by atoms with Gasteiger partial charge >= 0.3 is 5.97 Å². The van der Waals surface area contributed by atoms with Gasteiger partial charge in [0, 0.05) is 16.3 Å². The minimum atomic E-state index is -0.450. The van der Waals surface area contributed by atoms with Crippen molar-refractivity contribution in [2.75, 3.05) is 11.9 Å². The first-order chi connectivity index (χ1) is 14.6. The van der Waals surface area contributed by atoms with Gasteiger partial charge in [-0.15, -0.1) is 16.4 Å². The Hall–Kier alpha value is -2.91. The fourth-order valence-corrected chi connectivity index (χ4v) is 4.77. The second-order valence-corrected chi connectivity index (χ2v) is 8.43. The van der Waals surface area contributed by atoms with Gasteiger partial charge in [0.25, 0.3) is 0 Å². The lowest BCUT2D eigenvalue weighted by Crippen LogP contribution is -2.29. The van der Waals surface area contributed by atoms with Crippen LogP contribution in [0.25, 0.3) is 0 Å². The molecule has 0 radical (unpaired) electrons. The molecule has 1 atom stereocenters. The molecule has 3 aromatic rings. The largest absolute Gasteiger partial charge is 0.458 e. The number of nitrogens with one attached hydrogen (secondary N) is 1. The molecular weight excluding hydrogens is 423 g/mol. The van der Waals surface area contributed by atoms with Crippen molar-refractivity contribution in [2.45, 2.75) is 23.9 Å². The Kier molecular flexibility index (Phi) is 6.01. The molecule has 1 aromatic carbocycles. The number of thioether (sulfide) groups is 1. The molecule has 0 bridgehead atoms. The maximum Gasteiger partial charge on any atom is 0.338 e. The minimum Gasteiger partial charge on any atom is -0.458 e. The predicted molar refractivity (Wildman–Crippen MR) is 116 cm³/mol. The summed E-state index contributed by atoms with van der Waals surface area (Å²) in [5.41, 5.74) is 1.72. The SMILES string of the molecule is C=CCOC(=O)C1=C(C)Nc2nc(SCc3ccccc3F)nn2C1c1cccs1. The molecule has 3 heterocycles. The quantitative estimate of drug-likeness (QED) is 0.322. The second-order valence-electron chi connectivity index (χ2n) is 6.51. The van der Waals surface area contributed by atoms with Crippen molar-refractivity contribution in [3.8, 4) is 0 Å². The Morgan fingerprint density at radius 2 is 2.23 bits per heavy atom. The van der Waals surface area contributed by atoms with Crippen LogP contribution in [0, 0.1) is 5.82 Å². The zero-order valence-electron chi connectivity index (χ0n) is 16.2. The van der Waals surface area contributed by atoms with Crippen molar-refractivity contribution >= 4 is 35.0 Å². The highest BCUT2D eigenvalue weighted by atomic mass is 32.2. The van der Waals surface area contributed by atoms with Crippen LogP contribution in [0.1, 0.15) is 23.4 Å². The molecule has 1 aliphatic heterocycles. The van der Waals surface area contributed by atoms with Crippen molar-refractivity contribution in [3.05, 3.63) is 82.0 Å². The van der Waals surface area contributed by atoms with E-state index < -0.39 is 12.0 Å². The summed E-state index contributed by atoms with van der Waals surface area (Å²) in [4.78, 5) is 18.3. The van der Waals surface area contributed by atoms with Gasteiger partial charge in [-0.1, -0.05) is 48.7 Å². The third-order valence-electron chi connectivity index (χ3n) is 4.51. The van der Waals surface area contributed by atoms with Crippen molar-refractivity contribution in [1.29, 1.82) is 0 Å². The third-order valence-corrected chi connectivity index (χ3v) is 6.32. The standard InChI is InChI=1S/C21H19FN4O2S2/c1-3-10-28-19(27)17-13(2)23-20-24-21(30-12-14-7-4-5-8-15(14)22)25-26(20)18(17)16-9-6-11-29-16/h3-9,11,18H,1,10,12H2,2H3,(H,23,24,25). The van der Waals surface area contributed by atoms with Crippen LogP contribution in [0.4, 0.5) is 10.3 Å². The summed E-state index contributed by atoms with van der Waals surface area (Å²) >= 11 is 2.86. The van der Waals surface area contributed by atoms with E-state index >= 15 is 0 Å². The first-order valence-corrected chi connectivity index (χ1v) is 11.1. The van der Waals surface area contributed by atoms with Crippen LogP contribution in [0.15, 0.2) is 70.9 Å². The molecule has 1 unspecified atom stereocenters. The van der Waals surface area contributed by atoms with E-state index in [9.17, 15) is 9.18 Å². The molecule has 154 valence electrons. The van der Waals surface area contributed by atoms with Crippen molar-refractivity contribution in [1.82, 2.24) is 14.8 Å². The lowest BCUT2D eigenvalue weighted by atomic mass is 10.0. The molecule has 0 saturated carbocycles. The van der Waals surface area contributed by atoms with Gasteiger partial charge in [0.1, 0.15) is 18.5 Å². The number of ether oxygens (including phenoxy) is 1. The zero-order chi connectivity index (χ0) is 21.1. The molecular formula is C21H19FN4O2S2. The number of carbonyl (C=O) groups is 1. The Balaban J connectivity index is 1.65. The number of anilines is 1. The summed E-state index contributed by atoms with van der Waals surface area (Å²) in [6, 6.07) is 10.1. The smallest absolute Gasteiger partial charge is 0.338 e. The first kappa shape index (κ1) is 20.4. The highest BCUT2D eigenvalue weighted by molar-refractivity contribution is 7.98. The third kappa shape index (κ3) is 4.03. The first-order valence-electron chi connectivity index (χ1n) is 9.20. The Morgan fingerprint density at radius 3 is 2.97 bits per heavy atom. The van der Waals surface area contributed by atoms with Crippen LogP contribution < -0.4 is 5.32 Å². The van der Waals surface area contributed by atoms with E-state index in [2.05, 4.69) is 22.0 Å². The Bertz CT molecular complexity index is 1110. The number of hydrogen-bond donors (Lipinski definition) is 1. The van der Waals surface area contributed by atoms with E-state index in [4.69, 9.17) is 4.74 Å². The van der Waals surface area contributed by atoms with E-state index in [-0.39, 0.29) is 12.4 Å². The average Bonchev–Trinajstić information content (AvgIpc) is 3.40. The fourth-order valence-electron chi connectivity index (χ4n) is 3.14. The number of allylic oxidation sites excluding steroid dienone is 1. The summed E-state index contributed by atoms with van der Waals surface area (Å²) < 4.78 is 20.9. The molecule has 0 aliphatic carbocycles. The number of carbonyl (C=O) groups excluding carboxylic acids is 1. The topological polar surface area (TPSA) is 69.0 Å². The number of halogens is 1. The number of aromatic nitrogens is 3. The van der Waals surface area contributed by atoms with Crippen LogP contribution in [-0.2, 0) is 15.3 Å². The van der Waals surface area contributed by atoms with Crippen LogP contribution >= 0.6 is 23.1 Å². The average molecular weight is 443 g/mol. The number of hydrogen-bond acceptors (Lipinski definition) is 7. The lowest BCUT2D eigenvalue weighted by molar-refractivity contribution is -0.138. The molecule has 0 fully saturated rings. The molecule has 0 saturated heterocycles. The summed E-state index contributed by atoms with van der Waals surface area (Å²) in [7, 11) is 0. The Labute approximate surface area is 181 Å². The van der Waals surface area contributed by atoms with Gasteiger partial charge in [0.05, 0.1) is 5.57 Å². The maximum atomic E-state index is 13.9. The number of fused-ring (bicyclic) bond motifs is 1. The minimum absolute atomic E-state index is 0.126. The summed E-state index contributed by atoms with van der Waals surface area (Å²) in [6.07, 6.45) is 1.53. The molecule has 0 spiro atoms. The van der Waals surface area contributed by atoms with Gasteiger partial charge in [0.15, 0.2) is 0 Å². The van der Waals surface area contributed by atoms with Gasteiger partial charge in [0.2, 0.25) is 11.1 Å². The molecule has 30 heavy (non-hydrogen) atoms. The van der Waals surface area contributed by atoms with Crippen molar-refractivity contribution in [2.24, 2.45) is 0 Å².